The zero-order valence-corrected chi connectivity index (χ0v) is 9.19. The van der Waals surface area contributed by atoms with Gasteiger partial charge in [-0.15, -0.1) is 0 Å². The number of halogens is 3. The lowest BCUT2D eigenvalue weighted by atomic mass is 9.90. The highest BCUT2D eigenvalue weighted by atomic mass is 19.4. The van der Waals surface area contributed by atoms with Crippen LogP contribution in [0.3, 0.4) is 0 Å². The number of alkyl halides is 3. The number of hydrogen-bond acceptors (Lipinski definition) is 3. The molecule has 0 aromatic carbocycles. The van der Waals surface area contributed by atoms with E-state index in [2.05, 4.69) is 9.97 Å². The molecule has 1 aromatic rings. The summed E-state index contributed by atoms with van der Waals surface area (Å²) in [4.78, 5) is 17.2. The van der Waals surface area contributed by atoms with Gasteiger partial charge in [0.05, 0.1) is 5.92 Å². The smallest absolute Gasteiger partial charge is 0.451 e. The van der Waals surface area contributed by atoms with Crippen LogP contribution >= 0.6 is 0 Å². The van der Waals surface area contributed by atoms with Crippen molar-refractivity contribution in [1.29, 1.82) is 0 Å². The molecule has 7 heteroatoms. The van der Waals surface area contributed by atoms with E-state index < -0.39 is 23.9 Å². The zero-order valence-electron chi connectivity index (χ0n) is 9.19. The van der Waals surface area contributed by atoms with Gasteiger partial charge in [0, 0.05) is 18.0 Å². The predicted molar refractivity (Wildman–Crippen MR) is 52.2 cm³/mol. The number of hydrogen-bond donors (Lipinski definition) is 1. The Morgan fingerprint density at radius 2 is 1.76 bits per heavy atom. The minimum Gasteiger partial charge on any atom is -0.481 e. The molecule has 0 fully saturated rings. The quantitative estimate of drug-likeness (QED) is 0.891. The largest absolute Gasteiger partial charge is 0.481 e. The first-order valence-electron chi connectivity index (χ1n) is 4.85. The van der Waals surface area contributed by atoms with Crippen molar-refractivity contribution in [3.8, 4) is 0 Å². The summed E-state index contributed by atoms with van der Waals surface area (Å²) >= 11 is 0. The number of aliphatic carboxylic acids is 1. The molecule has 94 valence electrons. The van der Waals surface area contributed by atoms with Gasteiger partial charge in [0.15, 0.2) is 0 Å². The molecule has 1 heterocycles. The Labute approximate surface area is 95.5 Å². The Morgan fingerprint density at radius 3 is 2.06 bits per heavy atom. The predicted octanol–water partition coefficient (Wildman–Crippen LogP) is 2.32. The Kier molecular flexibility index (Phi) is 3.69. The summed E-state index contributed by atoms with van der Waals surface area (Å²) in [5.74, 6) is -3.54. The molecule has 4 nitrogen and oxygen atoms in total. The average molecular weight is 248 g/mol. The summed E-state index contributed by atoms with van der Waals surface area (Å²) in [6, 6.07) is 0. The Balaban J connectivity index is 3.05. The third kappa shape index (κ3) is 3.15. The van der Waals surface area contributed by atoms with Gasteiger partial charge in [0.2, 0.25) is 5.82 Å². The van der Waals surface area contributed by atoms with Gasteiger partial charge in [0.25, 0.3) is 0 Å². The van der Waals surface area contributed by atoms with Crippen molar-refractivity contribution >= 4 is 5.97 Å². The Bertz CT molecular complexity index is 401. The van der Waals surface area contributed by atoms with E-state index in [1.807, 2.05) is 0 Å². The number of aromatic nitrogens is 2. The molecule has 1 aromatic heterocycles. The average Bonchev–Trinajstić information content (AvgIpc) is 2.15. The maximum atomic E-state index is 12.2. The van der Waals surface area contributed by atoms with Gasteiger partial charge in [-0.3, -0.25) is 4.79 Å². The van der Waals surface area contributed by atoms with Gasteiger partial charge in [-0.25, -0.2) is 9.97 Å². The molecule has 1 N–H and O–H groups in total. The van der Waals surface area contributed by atoms with Crippen LogP contribution in [0.2, 0.25) is 0 Å². The summed E-state index contributed by atoms with van der Waals surface area (Å²) < 4.78 is 36.6. The van der Waals surface area contributed by atoms with E-state index in [4.69, 9.17) is 5.11 Å². The van der Waals surface area contributed by atoms with Crippen LogP contribution in [0.5, 0.6) is 0 Å². The van der Waals surface area contributed by atoms with Crippen molar-refractivity contribution < 1.29 is 23.1 Å². The standard InChI is InChI=1S/C10H11F3N2O2/c1-5(2)7(8(16)17)6-3-14-9(15-4-6)10(11,12)13/h3-5,7H,1-2H3,(H,16,17)/t7-/m0/s1. The van der Waals surface area contributed by atoms with E-state index >= 15 is 0 Å². The molecule has 0 unspecified atom stereocenters. The fourth-order valence-corrected chi connectivity index (χ4v) is 1.46. The van der Waals surface area contributed by atoms with E-state index in [1.54, 1.807) is 13.8 Å². The van der Waals surface area contributed by atoms with Gasteiger partial charge in [0.1, 0.15) is 0 Å². The summed E-state index contributed by atoms with van der Waals surface area (Å²) in [7, 11) is 0. The van der Waals surface area contributed by atoms with Crippen LogP contribution in [0, 0.1) is 5.92 Å². The first-order chi connectivity index (χ1) is 7.73. The van der Waals surface area contributed by atoms with Crippen LogP contribution in [-0.4, -0.2) is 21.0 Å². The number of carboxylic acid groups (broad SMARTS) is 1. The second-order valence-corrected chi connectivity index (χ2v) is 3.90. The minimum atomic E-state index is -4.62. The highest BCUT2D eigenvalue weighted by Gasteiger charge is 2.35. The molecular formula is C10H11F3N2O2. The lowest BCUT2D eigenvalue weighted by molar-refractivity contribution is -0.145. The van der Waals surface area contributed by atoms with E-state index in [-0.39, 0.29) is 11.5 Å². The van der Waals surface area contributed by atoms with Gasteiger partial charge >= 0.3 is 12.1 Å². The molecule has 0 saturated heterocycles. The van der Waals surface area contributed by atoms with Crippen LogP contribution in [0.15, 0.2) is 12.4 Å². The van der Waals surface area contributed by atoms with Gasteiger partial charge in [-0.1, -0.05) is 13.8 Å². The Morgan fingerprint density at radius 1 is 1.29 bits per heavy atom. The number of carboxylic acids is 1. The molecule has 0 aliphatic heterocycles. The second kappa shape index (κ2) is 4.68. The number of carbonyl (C=O) groups is 1. The molecule has 0 spiro atoms. The van der Waals surface area contributed by atoms with Crippen molar-refractivity contribution in [3.05, 3.63) is 23.8 Å². The van der Waals surface area contributed by atoms with E-state index in [0.29, 0.717) is 0 Å². The molecule has 0 aliphatic rings. The maximum Gasteiger partial charge on any atom is 0.451 e. The van der Waals surface area contributed by atoms with Crippen LogP contribution in [0.4, 0.5) is 13.2 Å². The summed E-state index contributed by atoms with van der Waals surface area (Å²) in [6.07, 6.45) is -2.79. The SMILES string of the molecule is CC(C)[C@H](C(=O)O)c1cnc(C(F)(F)F)nc1. The summed E-state index contributed by atoms with van der Waals surface area (Å²) in [5, 5.41) is 8.95. The van der Waals surface area contributed by atoms with Gasteiger partial charge in [-0.2, -0.15) is 13.2 Å². The van der Waals surface area contributed by atoms with Crippen LogP contribution in [-0.2, 0) is 11.0 Å². The lowest BCUT2D eigenvalue weighted by Crippen LogP contribution is -2.19. The first kappa shape index (κ1) is 13.4. The topological polar surface area (TPSA) is 63.1 Å². The van der Waals surface area contributed by atoms with Gasteiger partial charge in [-0.05, 0) is 5.92 Å². The van der Waals surface area contributed by atoms with Crippen molar-refractivity contribution in [2.45, 2.75) is 25.9 Å². The van der Waals surface area contributed by atoms with Crippen LogP contribution in [0.25, 0.3) is 0 Å². The van der Waals surface area contributed by atoms with Crippen LogP contribution < -0.4 is 0 Å². The van der Waals surface area contributed by atoms with Crippen molar-refractivity contribution in [3.63, 3.8) is 0 Å². The molecule has 17 heavy (non-hydrogen) atoms. The normalized spacial score (nSPS) is 13.8. The molecule has 0 radical (unpaired) electrons. The maximum absolute atomic E-state index is 12.2. The van der Waals surface area contributed by atoms with Crippen molar-refractivity contribution in [2.24, 2.45) is 5.92 Å². The number of rotatable bonds is 3. The highest BCUT2D eigenvalue weighted by molar-refractivity contribution is 5.76. The first-order valence-corrected chi connectivity index (χ1v) is 4.85. The minimum absolute atomic E-state index is 0.167. The summed E-state index contributed by atoms with van der Waals surface area (Å²) in [5.41, 5.74) is 0.167. The van der Waals surface area contributed by atoms with E-state index in [0.717, 1.165) is 12.4 Å². The molecule has 0 amide bonds. The molecule has 0 saturated carbocycles. The Hall–Kier alpha value is -1.66. The fraction of sp³-hybridized carbons (Fsp3) is 0.500. The molecule has 0 bridgehead atoms. The van der Waals surface area contributed by atoms with Crippen molar-refractivity contribution in [1.82, 2.24) is 9.97 Å². The molecule has 1 atom stereocenters. The number of nitrogens with zero attached hydrogens (tertiary/aromatic N) is 2. The van der Waals surface area contributed by atoms with Crippen LogP contribution in [0.1, 0.15) is 31.2 Å². The third-order valence-corrected chi connectivity index (χ3v) is 2.22. The highest BCUT2D eigenvalue weighted by Crippen LogP contribution is 2.28. The molecular weight excluding hydrogens is 237 g/mol. The lowest BCUT2D eigenvalue weighted by Gasteiger charge is -2.16. The third-order valence-electron chi connectivity index (χ3n) is 2.22. The van der Waals surface area contributed by atoms with Crippen molar-refractivity contribution in [2.75, 3.05) is 0 Å². The molecule has 0 aliphatic carbocycles. The monoisotopic (exact) mass is 248 g/mol. The summed E-state index contributed by atoms with van der Waals surface area (Å²) in [6.45, 7) is 3.33. The van der Waals surface area contributed by atoms with E-state index in [1.165, 1.54) is 0 Å². The second-order valence-electron chi connectivity index (χ2n) is 3.90. The molecule has 1 rings (SSSR count). The fourth-order valence-electron chi connectivity index (χ4n) is 1.46. The van der Waals surface area contributed by atoms with E-state index in [9.17, 15) is 18.0 Å². The zero-order chi connectivity index (χ0) is 13.2. The van der Waals surface area contributed by atoms with Gasteiger partial charge < -0.3 is 5.11 Å².